The molecular formula is C23H19ClN4O3. The van der Waals surface area contributed by atoms with Crippen LogP contribution in [0.2, 0.25) is 5.02 Å². The third kappa shape index (κ3) is 4.73. The molecule has 0 bridgehead atoms. The summed E-state index contributed by atoms with van der Waals surface area (Å²) in [6.45, 7) is 3.76. The Balaban J connectivity index is 1.54. The highest BCUT2D eigenvalue weighted by Gasteiger charge is 2.13. The van der Waals surface area contributed by atoms with E-state index >= 15 is 0 Å². The summed E-state index contributed by atoms with van der Waals surface area (Å²) >= 11 is 5.91. The number of pyridine rings is 1. The molecule has 2 heterocycles. The van der Waals surface area contributed by atoms with E-state index in [2.05, 4.69) is 15.5 Å². The minimum atomic E-state index is -0.308. The molecule has 0 radical (unpaired) electrons. The van der Waals surface area contributed by atoms with Crippen LogP contribution in [0.3, 0.4) is 0 Å². The molecule has 8 heteroatoms. The van der Waals surface area contributed by atoms with Crippen LogP contribution in [0, 0.1) is 13.8 Å². The molecule has 0 unspecified atom stereocenters. The number of benzene rings is 2. The second kappa shape index (κ2) is 8.57. The molecule has 31 heavy (non-hydrogen) atoms. The van der Waals surface area contributed by atoms with Gasteiger partial charge >= 0.3 is 0 Å². The van der Waals surface area contributed by atoms with Gasteiger partial charge in [-0.15, -0.1) is 0 Å². The van der Waals surface area contributed by atoms with E-state index in [0.717, 1.165) is 16.7 Å². The fourth-order valence-electron chi connectivity index (χ4n) is 3.14. The molecule has 0 atom stereocenters. The Morgan fingerprint density at radius 2 is 1.81 bits per heavy atom. The number of nitrogens with one attached hydrogen (secondary N) is 1. The van der Waals surface area contributed by atoms with Crippen molar-refractivity contribution in [1.82, 2.24) is 14.7 Å². The highest BCUT2D eigenvalue weighted by molar-refractivity contribution is 6.30. The molecule has 0 spiro atoms. The lowest BCUT2D eigenvalue weighted by atomic mass is 10.1. The zero-order chi connectivity index (χ0) is 22.0. The first-order valence-electron chi connectivity index (χ1n) is 9.57. The van der Waals surface area contributed by atoms with E-state index in [0.29, 0.717) is 22.1 Å². The number of carbonyl (C=O) groups excluding carboxylic acids is 1. The highest BCUT2D eigenvalue weighted by atomic mass is 35.5. The fraction of sp³-hybridized carbons (Fsp3) is 0.130. The predicted molar refractivity (Wildman–Crippen MR) is 119 cm³/mol. The van der Waals surface area contributed by atoms with Crippen molar-refractivity contribution in [1.29, 1.82) is 0 Å². The number of aromatic nitrogens is 3. The molecule has 0 saturated carbocycles. The van der Waals surface area contributed by atoms with Crippen LogP contribution < -0.4 is 10.9 Å². The van der Waals surface area contributed by atoms with E-state index in [9.17, 15) is 9.59 Å². The number of nitrogens with zero attached hydrogens (tertiary/aromatic N) is 3. The van der Waals surface area contributed by atoms with Crippen molar-refractivity contribution >= 4 is 23.2 Å². The summed E-state index contributed by atoms with van der Waals surface area (Å²) in [5, 5.41) is 7.43. The highest BCUT2D eigenvalue weighted by Crippen LogP contribution is 2.23. The lowest BCUT2D eigenvalue weighted by Gasteiger charge is -2.10. The van der Waals surface area contributed by atoms with Crippen LogP contribution in [-0.4, -0.2) is 20.6 Å². The van der Waals surface area contributed by atoms with Crippen LogP contribution in [0.25, 0.3) is 22.8 Å². The van der Waals surface area contributed by atoms with Crippen LogP contribution >= 0.6 is 11.6 Å². The molecule has 0 saturated heterocycles. The molecule has 1 amide bonds. The molecule has 2 aromatic carbocycles. The maximum atomic E-state index is 12.5. The van der Waals surface area contributed by atoms with Gasteiger partial charge in [0.25, 0.3) is 11.4 Å². The average molecular weight is 435 g/mol. The molecule has 156 valence electrons. The summed E-state index contributed by atoms with van der Waals surface area (Å²) in [4.78, 5) is 29.1. The van der Waals surface area contributed by atoms with Gasteiger partial charge < -0.3 is 14.4 Å². The second-order valence-electron chi connectivity index (χ2n) is 7.18. The molecular weight excluding hydrogens is 416 g/mol. The molecule has 0 aliphatic rings. The maximum absolute atomic E-state index is 12.5. The summed E-state index contributed by atoms with van der Waals surface area (Å²) < 4.78 is 6.65. The van der Waals surface area contributed by atoms with Crippen molar-refractivity contribution in [2.45, 2.75) is 20.4 Å². The molecule has 2 aromatic heterocycles. The SMILES string of the molecule is Cc1ccc(NC(=O)Cn2cc(-c3nc(-c4ccc(Cl)cc4)no3)ccc2=O)c(C)c1. The van der Waals surface area contributed by atoms with Gasteiger partial charge in [0, 0.05) is 28.5 Å². The van der Waals surface area contributed by atoms with E-state index in [1.807, 2.05) is 32.0 Å². The van der Waals surface area contributed by atoms with Crippen molar-refractivity contribution in [2.24, 2.45) is 0 Å². The van der Waals surface area contributed by atoms with Crippen LogP contribution in [0.15, 0.2) is 70.1 Å². The number of aryl methyl sites for hydroxylation is 2. The Kier molecular flexibility index (Phi) is 5.68. The summed E-state index contributed by atoms with van der Waals surface area (Å²) in [5.74, 6) is 0.337. The van der Waals surface area contributed by atoms with E-state index in [1.165, 1.54) is 16.8 Å². The largest absolute Gasteiger partial charge is 0.334 e. The van der Waals surface area contributed by atoms with Crippen LogP contribution in [-0.2, 0) is 11.3 Å². The van der Waals surface area contributed by atoms with Gasteiger partial charge in [0.05, 0.1) is 5.56 Å². The Hall–Kier alpha value is -3.71. The van der Waals surface area contributed by atoms with Gasteiger partial charge in [-0.05, 0) is 55.8 Å². The smallest absolute Gasteiger partial charge is 0.259 e. The normalized spacial score (nSPS) is 10.8. The van der Waals surface area contributed by atoms with E-state index < -0.39 is 0 Å². The minimum Gasteiger partial charge on any atom is -0.334 e. The van der Waals surface area contributed by atoms with Gasteiger partial charge in [0.1, 0.15) is 6.54 Å². The van der Waals surface area contributed by atoms with Crippen molar-refractivity contribution in [2.75, 3.05) is 5.32 Å². The third-order valence-corrected chi connectivity index (χ3v) is 4.98. The average Bonchev–Trinajstić information content (AvgIpc) is 3.22. The quantitative estimate of drug-likeness (QED) is 0.500. The van der Waals surface area contributed by atoms with Gasteiger partial charge in [-0.2, -0.15) is 4.98 Å². The van der Waals surface area contributed by atoms with Crippen LogP contribution in [0.1, 0.15) is 11.1 Å². The molecule has 7 nitrogen and oxygen atoms in total. The predicted octanol–water partition coefficient (Wildman–Crippen LogP) is 4.47. The summed E-state index contributed by atoms with van der Waals surface area (Å²) in [6, 6.07) is 15.7. The summed E-state index contributed by atoms with van der Waals surface area (Å²) in [7, 11) is 0. The van der Waals surface area contributed by atoms with E-state index in [-0.39, 0.29) is 23.9 Å². The molecule has 0 fully saturated rings. The first kappa shape index (κ1) is 20.6. The Morgan fingerprint density at radius 3 is 2.55 bits per heavy atom. The fourth-order valence-corrected chi connectivity index (χ4v) is 3.26. The second-order valence-corrected chi connectivity index (χ2v) is 7.62. The number of amides is 1. The standard InChI is InChI=1S/C23H19ClN4O3/c1-14-3-9-19(15(2)11-14)25-20(29)13-28-12-17(6-10-21(28)30)23-26-22(27-31-23)16-4-7-18(24)8-5-16/h3-12H,13H2,1-2H3,(H,25,29). The van der Waals surface area contributed by atoms with Crippen molar-refractivity contribution in [3.63, 3.8) is 0 Å². The number of rotatable bonds is 5. The zero-order valence-corrected chi connectivity index (χ0v) is 17.7. The molecule has 4 rings (SSSR count). The lowest BCUT2D eigenvalue weighted by molar-refractivity contribution is -0.116. The Bertz CT molecular complexity index is 1310. The van der Waals surface area contributed by atoms with Gasteiger partial charge in [-0.3, -0.25) is 9.59 Å². The van der Waals surface area contributed by atoms with Gasteiger partial charge in [0.2, 0.25) is 11.7 Å². The minimum absolute atomic E-state index is 0.141. The first-order chi connectivity index (χ1) is 14.9. The van der Waals surface area contributed by atoms with Crippen LogP contribution in [0.4, 0.5) is 5.69 Å². The van der Waals surface area contributed by atoms with E-state index in [1.54, 1.807) is 30.3 Å². The topological polar surface area (TPSA) is 90.0 Å². The molecule has 0 aliphatic heterocycles. The monoisotopic (exact) mass is 434 g/mol. The molecule has 4 aromatic rings. The summed E-state index contributed by atoms with van der Waals surface area (Å²) in [6.07, 6.45) is 1.53. The number of hydrogen-bond donors (Lipinski definition) is 1. The van der Waals surface area contributed by atoms with E-state index in [4.69, 9.17) is 16.1 Å². The van der Waals surface area contributed by atoms with Gasteiger partial charge in [-0.1, -0.05) is 34.5 Å². The number of hydrogen-bond acceptors (Lipinski definition) is 5. The maximum Gasteiger partial charge on any atom is 0.259 e. The summed E-state index contributed by atoms with van der Waals surface area (Å²) in [5.41, 5.74) is 3.75. The van der Waals surface area contributed by atoms with Gasteiger partial charge in [-0.25, -0.2) is 0 Å². The first-order valence-corrected chi connectivity index (χ1v) is 9.94. The van der Waals surface area contributed by atoms with Crippen LogP contribution in [0.5, 0.6) is 0 Å². The molecule has 1 N–H and O–H groups in total. The van der Waals surface area contributed by atoms with Gasteiger partial charge in [0.15, 0.2) is 0 Å². The number of halogens is 1. The third-order valence-electron chi connectivity index (χ3n) is 4.73. The lowest BCUT2D eigenvalue weighted by Crippen LogP contribution is -2.27. The number of carbonyl (C=O) groups is 1. The Morgan fingerprint density at radius 1 is 1.06 bits per heavy atom. The van der Waals surface area contributed by atoms with Crippen molar-refractivity contribution in [3.05, 3.63) is 87.3 Å². The molecule has 0 aliphatic carbocycles. The zero-order valence-electron chi connectivity index (χ0n) is 16.9. The Labute approximate surface area is 183 Å². The van der Waals surface area contributed by atoms with Crippen molar-refractivity contribution in [3.8, 4) is 22.8 Å². The number of anilines is 1. The van der Waals surface area contributed by atoms with Crippen molar-refractivity contribution < 1.29 is 9.32 Å².